The molecule has 0 radical (unpaired) electrons. The lowest BCUT2D eigenvalue weighted by Gasteiger charge is -2.36. The maximum atomic E-state index is 12.4. The van der Waals surface area contributed by atoms with Crippen LogP contribution in [0.4, 0.5) is 0 Å². The minimum absolute atomic E-state index is 0.0260. The summed E-state index contributed by atoms with van der Waals surface area (Å²) < 4.78 is 5.51. The van der Waals surface area contributed by atoms with E-state index in [1.807, 2.05) is 20.8 Å². The Morgan fingerprint density at radius 2 is 1.90 bits per heavy atom. The summed E-state index contributed by atoms with van der Waals surface area (Å²) in [7, 11) is 0. The van der Waals surface area contributed by atoms with Gasteiger partial charge in [-0.05, 0) is 32.6 Å². The predicted molar refractivity (Wildman–Crippen MR) is 76.2 cm³/mol. The Morgan fingerprint density at radius 1 is 1.25 bits per heavy atom. The molecule has 5 heteroatoms. The molecule has 0 bridgehead atoms. The van der Waals surface area contributed by atoms with Crippen LogP contribution in [0.25, 0.3) is 0 Å². The van der Waals surface area contributed by atoms with Gasteiger partial charge in [0.25, 0.3) is 0 Å². The van der Waals surface area contributed by atoms with Gasteiger partial charge in [0, 0.05) is 18.7 Å². The number of nitrogens with zero attached hydrogens (tertiary/aromatic N) is 1. The standard InChI is InChI=1S/C15H26N2O3/c1-4-11(5-2)17-14(18)9-13(15(17)19)16-10-7-12(8-10)20-6-3/h10-13,16H,4-9H2,1-3H3. The van der Waals surface area contributed by atoms with Gasteiger partial charge in [-0.2, -0.15) is 0 Å². The number of carbonyl (C=O) groups excluding carboxylic acids is 2. The molecule has 114 valence electrons. The van der Waals surface area contributed by atoms with Gasteiger partial charge in [-0.25, -0.2) is 0 Å². The summed E-state index contributed by atoms with van der Waals surface area (Å²) in [4.78, 5) is 25.9. The molecular weight excluding hydrogens is 256 g/mol. The van der Waals surface area contributed by atoms with E-state index in [-0.39, 0.29) is 23.9 Å². The molecule has 2 fully saturated rings. The van der Waals surface area contributed by atoms with E-state index in [2.05, 4.69) is 5.32 Å². The molecule has 1 aliphatic heterocycles. The highest BCUT2D eigenvalue weighted by molar-refractivity contribution is 6.05. The molecule has 1 atom stereocenters. The first-order valence-corrected chi connectivity index (χ1v) is 7.84. The van der Waals surface area contributed by atoms with Crippen LogP contribution in [0.1, 0.15) is 52.9 Å². The maximum Gasteiger partial charge on any atom is 0.247 e. The average molecular weight is 282 g/mol. The second kappa shape index (κ2) is 6.68. The molecular formula is C15H26N2O3. The topological polar surface area (TPSA) is 58.6 Å². The molecule has 20 heavy (non-hydrogen) atoms. The van der Waals surface area contributed by atoms with Crippen molar-refractivity contribution in [3.63, 3.8) is 0 Å². The van der Waals surface area contributed by atoms with Crippen LogP contribution >= 0.6 is 0 Å². The van der Waals surface area contributed by atoms with Crippen molar-refractivity contribution in [3.8, 4) is 0 Å². The van der Waals surface area contributed by atoms with Crippen molar-refractivity contribution in [2.45, 2.75) is 77.1 Å². The number of carbonyl (C=O) groups is 2. The van der Waals surface area contributed by atoms with E-state index >= 15 is 0 Å². The Hall–Kier alpha value is -0.940. The van der Waals surface area contributed by atoms with Gasteiger partial charge >= 0.3 is 0 Å². The molecule has 1 N–H and O–H groups in total. The minimum atomic E-state index is -0.323. The summed E-state index contributed by atoms with van der Waals surface area (Å²) >= 11 is 0. The van der Waals surface area contributed by atoms with Crippen LogP contribution in [0.15, 0.2) is 0 Å². The normalized spacial score (nSPS) is 30.2. The van der Waals surface area contributed by atoms with Crippen LogP contribution in [0.5, 0.6) is 0 Å². The van der Waals surface area contributed by atoms with Crippen molar-refractivity contribution in [3.05, 3.63) is 0 Å². The summed E-state index contributed by atoms with van der Waals surface area (Å²) in [6.45, 7) is 6.77. The number of imide groups is 1. The zero-order valence-electron chi connectivity index (χ0n) is 12.7. The third-order valence-electron chi connectivity index (χ3n) is 4.42. The smallest absolute Gasteiger partial charge is 0.247 e. The second-order valence-electron chi connectivity index (χ2n) is 5.74. The fraction of sp³-hybridized carbons (Fsp3) is 0.867. The van der Waals surface area contributed by atoms with E-state index in [0.29, 0.717) is 18.6 Å². The summed E-state index contributed by atoms with van der Waals surface area (Å²) in [5.74, 6) is -0.0644. The Labute approximate surface area is 121 Å². The van der Waals surface area contributed by atoms with Crippen LogP contribution in [0.2, 0.25) is 0 Å². The Balaban J connectivity index is 1.86. The van der Waals surface area contributed by atoms with Gasteiger partial charge in [-0.1, -0.05) is 13.8 Å². The van der Waals surface area contributed by atoms with Gasteiger partial charge < -0.3 is 10.1 Å². The van der Waals surface area contributed by atoms with Crippen LogP contribution in [-0.2, 0) is 14.3 Å². The number of hydrogen-bond acceptors (Lipinski definition) is 4. The minimum Gasteiger partial charge on any atom is -0.378 e. The molecule has 0 aromatic carbocycles. The third kappa shape index (κ3) is 3.04. The van der Waals surface area contributed by atoms with E-state index in [1.165, 1.54) is 4.90 Å². The zero-order valence-corrected chi connectivity index (χ0v) is 12.7. The van der Waals surface area contributed by atoms with Crippen molar-refractivity contribution >= 4 is 11.8 Å². The maximum absolute atomic E-state index is 12.4. The largest absolute Gasteiger partial charge is 0.378 e. The van der Waals surface area contributed by atoms with Gasteiger partial charge in [0.15, 0.2) is 0 Å². The van der Waals surface area contributed by atoms with Crippen molar-refractivity contribution in [1.82, 2.24) is 10.2 Å². The average Bonchev–Trinajstić information content (AvgIpc) is 2.65. The first kappa shape index (κ1) is 15.4. The Kier molecular flexibility index (Phi) is 5.16. The van der Waals surface area contributed by atoms with Crippen LogP contribution in [0, 0.1) is 0 Å². The van der Waals surface area contributed by atoms with E-state index in [9.17, 15) is 9.59 Å². The Bertz CT molecular complexity index is 362. The summed E-state index contributed by atoms with van der Waals surface area (Å²) in [5.41, 5.74) is 0. The lowest BCUT2D eigenvalue weighted by Crippen LogP contribution is -2.52. The number of nitrogens with one attached hydrogen (secondary N) is 1. The van der Waals surface area contributed by atoms with Crippen molar-refractivity contribution in [1.29, 1.82) is 0 Å². The molecule has 1 saturated heterocycles. The summed E-state index contributed by atoms with van der Waals surface area (Å²) in [5, 5.41) is 3.32. The molecule has 0 aromatic rings. The monoisotopic (exact) mass is 282 g/mol. The molecule has 1 saturated carbocycles. The summed E-state index contributed by atoms with van der Waals surface area (Å²) in [6, 6.07) is 0.0463. The second-order valence-corrected chi connectivity index (χ2v) is 5.74. The van der Waals surface area contributed by atoms with Crippen molar-refractivity contribution in [2.24, 2.45) is 0 Å². The molecule has 2 amide bonds. The van der Waals surface area contributed by atoms with Gasteiger partial charge in [0.2, 0.25) is 11.8 Å². The van der Waals surface area contributed by atoms with E-state index in [4.69, 9.17) is 4.74 Å². The van der Waals surface area contributed by atoms with E-state index in [1.54, 1.807) is 0 Å². The van der Waals surface area contributed by atoms with Crippen molar-refractivity contribution in [2.75, 3.05) is 6.61 Å². The van der Waals surface area contributed by atoms with Gasteiger partial charge in [-0.3, -0.25) is 14.5 Å². The fourth-order valence-corrected chi connectivity index (χ4v) is 3.18. The lowest BCUT2D eigenvalue weighted by molar-refractivity contribution is -0.142. The fourth-order valence-electron chi connectivity index (χ4n) is 3.18. The van der Waals surface area contributed by atoms with E-state index in [0.717, 1.165) is 32.3 Å². The highest BCUT2D eigenvalue weighted by atomic mass is 16.5. The van der Waals surface area contributed by atoms with Gasteiger partial charge in [0.1, 0.15) is 0 Å². The van der Waals surface area contributed by atoms with Crippen molar-refractivity contribution < 1.29 is 14.3 Å². The molecule has 2 aliphatic rings. The number of amides is 2. The molecule has 1 aliphatic carbocycles. The van der Waals surface area contributed by atoms with Crippen LogP contribution in [-0.4, -0.2) is 47.6 Å². The van der Waals surface area contributed by atoms with Gasteiger partial charge in [-0.15, -0.1) is 0 Å². The number of likely N-dealkylation sites (tertiary alicyclic amines) is 1. The predicted octanol–water partition coefficient (Wildman–Crippen LogP) is 1.46. The SMILES string of the molecule is CCOC1CC(NC2CC(=O)N(C(CC)CC)C2=O)C1. The molecule has 1 heterocycles. The Morgan fingerprint density at radius 3 is 2.45 bits per heavy atom. The zero-order chi connectivity index (χ0) is 14.7. The number of hydrogen-bond donors (Lipinski definition) is 1. The quantitative estimate of drug-likeness (QED) is 0.718. The third-order valence-corrected chi connectivity index (χ3v) is 4.42. The number of rotatable bonds is 7. The number of ether oxygens (including phenoxy) is 1. The molecule has 2 rings (SSSR count). The summed E-state index contributed by atoms with van der Waals surface area (Å²) in [6.07, 6.45) is 4.17. The van der Waals surface area contributed by atoms with Gasteiger partial charge in [0.05, 0.1) is 18.6 Å². The first-order valence-electron chi connectivity index (χ1n) is 7.84. The molecule has 1 unspecified atom stereocenters. The first-order chi connectivity index (χ1) is 9.60. The highest BCUT2D eigenvalue weighted by Crippen LogP contribution is 2.26. The molecule has 0 spiro atoms. The van der Waals surface area contributed by atoms with Crippen LogP contribution in [0.3, 0.4) is 0 Å². The van der Waals surface area contributed by atoms with E-state index < -0.39 is 0 Å². The molecule has 0 aromatic heterocycles. The van der Waals surface area contributed by atoms with Crippen LogP contribution < -0.4 is 5.32 Å². The lowest BCUT2D eigenvalue weighted by atomic mass is 9.88. The molecule has 5 nitrogen and oxygen atoms in total. The highest BCUT2D eigenvalue weighted by Gasteiger charge is 2.43.